The average Bonchev–Trinajstić information content (AvgIpc) is 2.70. The number of nitrogens with zero attached hydrogens (tertiary/aromatic N) is 2. The van der Waals surface area contributed by atoms with Crippen LogP contribution in [0.2, 0.25) is 0 Å². The van der Waals surface area contributed by atoms with Crippen LogP contribution >= 0.6 is 0 Å². The van der Waals surface area contributed by atoms with Crippen molar-refractivity contribution >= 4 is 15.7 Å². The first-order chi connectivity index (χ1) is 13.3. The molecule has 2 rings (SSSR count). The smallest absolute Gasteiger partial charge is 0.264 e. The molecule has 0 fully saturated rings. The van der Waals surface area contributed by atoms with Gasteiger partial charge in [0.05, 0.1) is 30.3 Å². The number of aliphatic hydroxyl groups excluding tert-OH is 1. The summed E-state index contributed by atoms with van der Waals surface area (Å²) in [6.45, 7) is 7.90. The molecule has 1 N–H and O–H groups in total. The number of sulfonamides is 1. The van der Waals surface area contributed by atoms with E-state index in [4.69, 9.17) is 4.74 Å². The molecular formula is C21H30N2O4S. The Balaban J connectivity index is 2.38. The molecule has 154 valence electrons. The predicted octanol–water partition coefficient (Wildman–Crippen LogP) is 2.90. The Hall–Kier alpha value is -2.09. The van der Waals surface area contributed by atoms with Crippen molar-refractivity contribution in [3.05, 3.63) is 54.1 Å². The molecule has 0 saturated carbocycles. The van der Waals surface area contributed by atoms with Gasteiger partial charge < -0.3 is 14.7 Å². The highest BCUT2D eigenvalue weighted by Crippen LogP contribution is 2.26. The molecule has 0 unspecified atom stereocenters. The Bertz CT molecular complexity index is 832. The molecule has 7 heteroatoms. The fraction of sp³-hybridized carbons (Fsp3) is 0.429. The van der Waals surface area contributed by atoms with Crippen LogP contribution in [0.1, 0.15) is 19.4 Å². The Morgan fingerprint density at radius 1 is 0.964 bits per heavy atom. The van der Waals surface area contributed by atoms with E-state index in [0.717, 1.165) is 18.7 Å². The van der Waals surface area contributed by atoms with Crippen LogP contribution in [0.4, 0.5) is 5.69 Å². The van der Waals surface area contributed by atoms with Crippen LogP contribution in [0.25, 0.3) is 0 Å². The third-order valence-corrected chi connectivity index (χ3v) is 6.52. The largest absolute Gasteiger partial charge is 0.497 e. The van der Waals surface area contributed by atoms with Gasteiger partial charge in [-0.25, -0.2) is 8.42 Å². The molecule has 0 saturated heterocycles. The minimum absolute atomic E-state index is 0.0287. The normalized spacial score (nSPS) is 12.8. The number of likely N-dealkylation sites (N-methyl/N-ethyl adjacent to an activating group) is 1. The molecule has 2 aromatic carbocycles. The molecular weight excluding hydrogens is 376 g/mol. The molecule has 2 aromatic rings. The van der Waals surface area contributed by atoms with E-state index in [-0.39, 0.29) is 11.4 Å². The van der Waals surface area contributed by atoms with E-state index >= 15 is 0 Å². The van der Waals surface area contributed by atoms with E-state index < -0.39 is 16.1 Å². The first-order valence-corrected chi connectivity index (χ1v) is 10.9. The predicted molar refractivity (Wildman–Crippen MR) is 112 cm³/mol. The fourth-order valence-electron chi connectivity index (χ4n) is 2.96. The summed E-state index contributed by atoms with van der Waals surface area (Å²) in [7, 11) is -2.26. The van der Waals surface area contributed by atoms with Crippen LogP contribution in [0.3, 0.4) is 0 Å². The van der Waals surface area contributed by atoms with Crippen LogP contribution in [0.15, 0.2) is 53.4 Å². The maximum absolute atomic E-state index is 13.3. The lowest BCUT2D eigenvalue weighted by atomic mass is 10.2. The summed E-state index contributed by atoms with van der Waals surface area (Å²) in [6, 6.07) is 13.5. The van der Waals surface area contributed by atoms with E-state index in [9.17, 15) is 13.5 Å². The van der Waals surface area contributed by atoms with E-state index in [2.05, 4.69) is 4.90 Å². The first-order valence-electron chi connectivity index (χ1n) is 9.45. The van der Waals surface area contributed by atoms with Crippen LogP contribution < -0.4 is 9.04 Å². The maximum atomic E-state index is 13.3. The lowest BCUT2D eigenvalue weighted by Crippen LogP contribution is -2.43. The van der Waals surface area contributed by atoms with Gasteiger partial charge in [0, 0.05) is 6.54 Å². The molecule has 0 aliphatic carbocycles. The second kappa shape index (κ2) is 9.91. The van der Waals surface area contributed by atoms with Crippen molar-refractivity contribution in [2.24, 2.45) is 0 Å². The quantitative estimate of drug-likeness (QED) is 0.657. The number of hydrogen-bond donors (Lipinski definition) is 1. The van der Waals surface area contributed by atoms with Crippen LogP contribution in [-0.2, 0) is 10.0 Å². The Kier molecular flexibility index (Phi) is 7.86. The van der Waals surface area contributed by atoms with Gasteiger partial charge in [0.15, 0.2) is 0 Å². The SMILES string of the molecule is CCN(CC)C[C@@H](O)CN(c1ccc(OC)cc1)S(=O)(=O)c1ccc(C)cc1. The molecule has 0 aliphatic rings. The van der Waals surface area contributed by atoms with Crippen LogP contribution in [0.5, 0.6) is 5.75 Å². The Morgan fingerprint density at radius 3 is 2.04 bits per heavy atom. The summed E-state index contributed by atoms with van der Waals surface area (Å²) >= 11 is 0. The molecule has 0 aliphatic heterocycles. The molecule has 0 heterocycles. The Labute approximate surface area is 168 Å². The van der Waals surface area contributed by atoms with Crippen LogP contribution in [0, 0.1) is 6.92 Å². The topological polar surface area (TPSA) is 70.1 Å². The van der Waals surface area contributed by atoms with Gasteiger partial charge in [0.25, 0.3) is 10.0 Å². The summed E-state index contributed by atoms with van der Waals surface area (Å²) in [5.74, 6) is 0.639. The zero-order valence-electron chi connectivity index (χ0n) is 17.0. The van der Waals surface area contributed by atoms with Crippen molar-refractivity contribution in [2.75, 3.05) is 37.6 Å². The summed E-state index contributed by atoms with van der Waals surface area (Å²) in [5, 5.41) is 10.6. The van der Waals surface area contributed by atoms with Gasteiger partial charge in [-0.3, -0.25) is 4.31 Å². The number of hydrogen-bond acceptors (Lipinski definition) is 5. The third-order valence-electron chi connectivity index (χ3n) is 4.71. The summed E-state index contributed by atoms with van der Waals surface area (Å²) < 4.78 is 33.1. The van der Waals surface area contributed by atoms with Crippen molar-refractivity contribution in [2.45, 2.75) is 31.8 Å². The zero-order valence-corrected chi connectivity index (χ0v) is 17.8. The first kappa shape index (κ1) is 22.2. The summed E-state index contributed by atoms with van der Waals surface area (Å²) in [5.41, 5.74) is 1.47. The highest BCUT2D eigenvalue weighted by molar-refractivity contribution is 7.92. The van der Waals surface area contributed by atoms with Crippen molar-refractivity contribution < 1.29 is 18.3 Å². The van der Waals surface area contributed by atoms with E-state index in [0.29, 0.717) is 18.0 Å². The average molecular weight is 407 g/mol. The molecule has 1 atom stereocenters. The third kappa shape index (κ3) is 5.47. The van der Waals surface area contributed by atoms with Gasteiger partial charge in [-0.05, 0) is 56.4 Å². The van der Waals surface area contributed by atoms with Gasteiger partial charge in [-0.15, -0.1) is 0 Å². The van der Waals surface area contributed by atoms with Crippen molar-refractivity contribution in [3.8, 4) is 5.75 Å². The van der Waals surface area contributed by atoms with Crippen LogP contribution in [-0.4, -0.2) is 57.8 Å². The zero-order chi connectivity index (χ0) is 20.7. The number of ether oxygens (including phenoxy) is 1. The van der Waals surface area contributed by atoms with Gasteiger partial charge in [-0.1, -0.05) is 31.5 Å². The lowest BCUT2D eigenvalue weighted by Gasteiger charge is -2.29. The van der Waals surface area contributed by atoms with E-state index in [1.807, 2.05) is 20.8 Å². The van der Waals surface area contributed by atoms with Gasteiger partial charge in [-0.2, -0.15) is 0 Å². The molecule has 0 bridgehead atoms. The molecule has 0 amide bonds. The highest BCUT2D eigenvalue weighted by Gasteiger charge is 2.27. The molecule has 0 radical (unpaired) electrons. The standard InChI is InChI=1S/C21H30N2O4S/c1-5-22(6-2)15-19(24)16-23(18-9-11-20(27-4)12-10-18)28(25,26)21-13-7-17(3)8-14-21/h7-14,19,24H,5-6,15-16H2,1-4H3/t19-/m1/s1. The second-order valence-electron chi connectivity index (χ2n) is 6.69. The van der Waals surface area contributed by atoms with Gasteiger partial charge >= 0.3 is 0 Å². The number of rotatable bonds is 10. The Morgan fingerprint density at radius 2 is 1.54 bits per heavy atom. The second-order valence-corrected chi connectivity index (χ2v) is 8.55. The lowest BCUT2D eigenvalue weighted by molar-refractivity contribution is 0.125. The van der Waals surface area contributed by atoms with E-state index in [1.165, 1.54) is 4.31 Å². The summed E-state index contributed by atoms with van der Waals surface area (Å²) in [6.07, 6.45) is -0.817. The van der Waals surface area contributed by atoms with Crippen molar-refractivity contribution in [1.82, 2.24) is 4.90 Å². The van der Waals surface area contributed by atoms with Gasteiger partial charge in [0.1, 0.15) is 5.75 Å². The molecule has 28 heavy (non-hydrogen) atoms. The van der Waals surface area contributed by atoms with Crippen molar-refractivity contribution in [1.29, 1.82) is 0 Å². The van der Waals surface area contributed by atoms with Crippen molar-refractivity contribution in [3.63, 3.8) is 0 Å². The number of aliphatic hydroxyl groups is 1. The molecule has 0 spiro atoms. The number of anilines is 1. The maximum Gasteiger partial charge on any atom is 0.264 e. The minimum Gasteiger partial charge on any atom is -0.497 e. The monoisotopic (exact) mass is 406 g/mol. The van der Waals surface area contributed by atoms with Gasteiger partial charge in [0.2, 0.25) is 0 Å². The highest BCUT2D eigenvalue weighted by atomic mass is 32.2. The summed E-state index contributed by atoms with van der Waals surface area (Å²) in [4.78, 5) is 2.26. The van der Waals surface area contributed by atoms with E-state index in [1.54, 1.807) is 55.6 Å². The number of benzene rings is 2. The fourth-order valence-corrected chi connectivity index (χ4v) is 4.46. The number of methoxy groups -OCH3 is 1. The molecule has 6 nitrogen and oxygen atoms in total. The number of aryl methyl sites for hydroxylation is 1. The minimum atomic E-state index is -3.82. The molecule has 0 aromatic heterocycles.